The number of aromatic nitrogens is 2. The number of hydrogen-bond acceptors (Lipinski definition) is 3. The summed E-state index contributed by atoms with van der Waals surface area (Å²) in [6.45, 7) is 4.14. The quantitative estimate of drug-likeness (QED) is 0.908. The number of carbonyl (C=O) groups is 1. The Morgan fingerprint density at radius 1 is 1.33 bits per heavy atom. The van der Waals surface area contributed by atoms with Crippen molar-refractivity contribution < 1.29 is 4.79 Å². The minimum Gasteiger partial charge on any atom is -0.349 e. The van der Waals surface area contributed by atoms with E-state index in [-0.39, 0.29) is 23.3 Å². The first-order valence-corrected chi connectivity index (χ1v) is 8.80. The Labute approximate surface area is 142 Å². The molecule has 2 heterocycles. The molecule has 0 radical (unpaired) electrons. The summed E-state index contributed by atoms with van der Waals surface area (Å²) in [5, 5.41) is 10.9. The minimum atomic E-state index is -0.0303. The molecule has 1 spiro atoms. The van der Waals surface area contributed by atoms with Crippen molar-refractivity contribution >= 4 is 5.91 Å². The van der Waals surface area contributed by atoms with Gasteiger partial charge in [0.1, 0.15) is 0 Å². The van der Waals surface area contributed by atoms with Crippen LogP contribution in [0, 0.1) is 11.3 Å². The van der Waals surface area contributed by atoms with E-state index in [0.29, 0.717) is 0 Å². The molecule has 2 atom stereocenters. The van der Waals surface area contributed by atoms with E-state index in [1.54, 1.807) is 6.20 Å². The third-order valence-electron chi connectivity index (χ3n) is 5.62. The van der Waals surface area contributed by atoms with Gasteiger partial charge in [0.25, 0.3) is 0 Å². The van der Waals surface area contributed by atoms with Gasteiger partial charge in [-0.3, -0.25) is 4.79 Å². The average molecular weight is 324 g/mol. The zero-order valence-corrected chi connectivity index (χ0v) is 14.0. The number of rotatable bonds is 4. The summed E-state index contributed by atoms with van der Waals surface area (Å²) in [5.74, 6) is 0.401. The first-order valence-electron chi connectivity index (χ1n) is 8.80. The van der Waals surface area contributed by atoms with E-state index in [2.05, 4.69) is 28.7 Å². The van der Waals surface area contributed by atoms with Crippen LogP contribution in [-0.4, -0.2) is 28.8 Å². The van der Waals surface area contributed by atoms with E-state index in [1.807, 2.05) is 35.1 Å². The topological polar surface area (TPSA) is 59.0 Å². The standard InChI is InChI=1S/C19H24N4O/c1-14(15-5-2-3-6-17(15)23-12-4-9-21-23)22-18(24)16-13-19(16)7-10-20-11-8-19/h2-6,9,12,14,16,20H,7-8,10-11,13H2,1H3,(H,22,24). The Hall–Kier alpha value is -2.14. The van der Waals surface area contributed by atoms with Crippen molar-refractivity contribution in [3.8, 4) is 5.69 Å². The van der Waals surface area contributed by atoms with Gasteiger partial charge in [-0.15, -0.1) is 0 Å². The lowest BCUT2D eigenvalue weighted by atomic mass is 9.91. The fourth-order valence-corrected chi connectivity index (χ4v) is 4.06. The van der Waals surface area contributed by atoms with Crippen LogP contribution >= 0.6 is 0 Å². The molecule has 126 valence electrons. The van der Waals surface area contributed by atoms with Crippen molar-refractivity contribution in [2.75, 3.05) is 13.1 Å². The SMILES string of the molecule is CC(NC(=O)C1CC12CCNCC2)c1ccccc1-n1cccn1. The molecule has 2 aliphatic rings. The molecular weight excluding hydrogens is 300 g/mol. The molecule has 1 saturated heterocycles. The van der Waals surface area contributed by atoms with Gasteiger partial charge in [0.2, 0.25) is 5.91 Å². The van der Waals surface area contributed by atoms with Gasteiger partial charge in [0.05, 0.1) is 11.7 Å². The van der Waals surface area contributed by atoms with Gasteiger partial charge in [-0.05, 0) is 62.4 Å². The molecule has 1 aromatic carbocycles. The largest absolute Gasteiger partial charge is 0.349 e. The Kier molecular flexibility index (Phi) is 3.88. The number of carbonyl (C=O) groups excluding carboxylic acids is 1. The second-order valence-corrected chi connectivity index (χ2v) is 7.11. The third-order valence-corrected chi connectivity index (χ3v) is 5.62. The number of nitrogens with one attached hydrogen (secondary N) is 2. The molecule has 0 bridgehead atoms. The summed E-state index contributed by atoms with van der Waals surface area (Å²) in [4.78, 5) is 12.7. The summed E-state index contributed by atoms with van der Waals surface area (Å²) >= 11 is 0. The predicted molar refractivity (Wildman–Crippen MR) is 92.8 cm³/mol. The Balaban J connectivity index is 1.47. The zero-order chi connectivity index (χ0) is 16.6. The van der Waals surface area contributed by atoms with Crippen LogP contribution in [0.1, 0.15) is 37.8 Å². The molecule has 5 nitrogen and oxygen atoms in total. The maximum atomic E-state index is 12.7. The average Bonchev–Trinajstić information content (AvgIpc) is 3.05. The number of nitrogens with zero attached hydrogens (tertiary/aromatic N) is 2. The second-order valence-electron chi connectivity index (χ2n) is 7.11. The highest BCUT2D eigenvalue weighted by molar-refractivity contribution is 5.83. The van der Waals surface area contributed by atoms with Crippen LogP contribution in [0.4, 0.5) is 0 Å². The Morgan fingerprint density at radius 2 is 2.12 bits per heavy atom. The molecule has 5 heteroatoms. The molecule has 1 aliphatic carbocycles. The van der Waals surface area contributed by atoms with Gasteiger partial charge < -0.3 is 10.6 Å². The first-order chi connectivity index (χ1) is 11.7. The number of para-hydroxylation sites is 1. The Bertz CT molecular complexity index is 719. The molecule has 1 amide bonds. The summed E-state index contributed by atoms with van der Waals surface area (Å²) in [5.41, 5.74) is 2.38. The Morgan fingerprint density at radius 3 is 2.88 bits per heavy atom. The molecule has 4 rings (SSSR count). The van der Waals surface area contributed by atoms with Crippen molar-refractivity contribution in [3.05, 3.63) is 48.3 Å². The molecule has 1 aliphatic heterocycles. The fourth-order valence-electron chi connectivity index (χ4n) is 4.06. The smallest absolute Gasteiger partial charge is 0.224 e. The van der Waals surface area contributed by atoms with Crippen molar-refractivity contribution in [1.82, 2.24) is 20.4 Å². The molecule has 2 fully saturated rings. The zero-order valence-electron chi connectivity index (χ0n) is 14.0. The minimum absolute atomic E-state index is 0.0303. The van der Waals surface area contributed by atoms with Gasteiger partial charge in [-0.25, -0.2) is 4.68 Å². The van der Waals surface area contributed by atoms with Crippen molar-refractivity contribution in [3.63, 3.8) is 0 Å². The highest BCUT2D eigenvalue weighted by Gasteiger charge is 2.57. The molecule has 2 unspecified atom stereocenters. The van der Waals surface area contributed by atoms with Gasteiger partial charge >= 0.3 is 0 Å². The maximum Gasteiger partial charge on any atom is 0.224 e. The van der Waals surface area contributed by atoms with Gasteiger partial charge in [-0.1, -0.05) is 18.2 Å². The third kappa shape index (κ3) is 2.73. The summed E-state index contributed by atoms with van der Waals surface area (Å²) in [6.07, 6.45) is 7.00. The van der Waals surface area contributed by atoms with E-state index < -0.39 is 0 Å². The number of benzene rings is 1. The summed E-state index contributed by atoms with van der Waals surface area (Å²) in [7, 11) is 0. The highest BCUT2D eigenvalue weighted by atomic mass is 16.2. The first kappa shape index (κ1) is 15.4. The molecule has 24 heavy (non-hydrogen) atoms. The maximum absolute atomic E-state index is 12.7. The molecule has 2 aromatic rings. The van der Waals surface area contributed by atoms with Crippen LogP contribution < -0.4 is 10.6 Å². The number of amides is 1. The summed E-state index contributed by atoms with van der Waals surface area (Å²) in [6, 6.07) is 9.99. The van der Waals surface area contributed by atoms with Crippen LogP contribution in [0.25, 0.3) is 5.69 Å². The van der Waals surface area contributed by atoms with E-state index in [4.69, 9.17) is 0 Å². The normalized spacial score (nSPS) is 23.0. The molecular formula is C19H24N4O. The van der Waals surface area contributed by atoms with E-state index in [0.717, 1.165) is 43.6 Å². The van der Waals surface area contributed by atoms with E-state index in [9.17, 15) is 4.79 Å². The number of hydrogen-bond donors (Lipinski definition) is 2. The second kappa shape index (κ2) is 6.06. The van der Waals surface area contributed by atoms with Crippen molar-refractivity contribution in [2.24, 2.45) is 11.3 Å². The van der Waals surface area contributed by atoms with Crippen LogP contribution in [-0.2, 0) is 4.79 Å². The predicted octanol–water partition coefficient (Wildman–Crippen LogP) is 2.44. The van der Waals surface area contributed by atoms with Crippen LogP contribution in [0.15, 0.2) is 42.7 Å². The monoisotopic (exact) mass is 324 g/mol. The molecule has 1 saturated carbocycles. The van der Waals surface area contributed by atoms with Gasteiger partial charge in [-0.2, -0.15) is 5.10 Å². The van der Waals surface area contributed by atoms with Crippen LogP contribution in [0.3, 0.4) is 0 Å². The molecule has 2 N–H and O–H groups in total. The van der Waals surface area contributed by atoms with Crippen LogP contribution in [0.5, 0.6) is 0 Å². The fraction of sp³-hybridized carbons (Fsp3) is 0.474. The van der Waals surface area contributed by atoms with E-state index >= 15 is 0 Å². The van der Waals surface area contributed by atoms with Crippen molar-refractivity contribution in [1.29, 1.82) is 0 Å². The van der Waals surface area contributed by atoms with Crippen LogP contribution in [0.2, 0.25) is 0 Å². The lowest BCUT2D eigenvalue weighted by Gasteiger charge is -2.24. The summed E-state index contributed by atoms with van der Waals surface area (Å²) < 4.78 is 1.85. The lowest BCUT2D eigenvalue weighted by Crippen LogP contribution is -2.34. The van der Waals surface area contributed by atoms with Gasteiger partial charge in [0.15, 0.2) is 0 Å². The number of piperidine rings is 1. The van der Waals surface area contributed by atoms with E-state index in [1.165, 1.54) is 0 Å². The molecule has 1 aromatic heterocycles. The van der Waals surface area contributed by atoms with Crippen molar-refractivity contribution in [2.45, 2.75) is 32.2 Å². The lowest BCUT2D eigenvalue weighted by molar-refractivity contribution is -0.123. The van der Waals surface area contributed by atoms with Gasteiger partial charge in [0, 0.05) is 18.3 Å². The highest BCUT2D eigenvalue weighted by Crippen LogP contribution is 2.58.